The molecule has 1 aliphatic rings. The number of amides is 1. The van der Waals surface area contributed by atoms with Gasteiger partial charge in [-0.2, -0.15) is 18.4 Å². The minimum absolute atomic E-state index is 0.100. The van der Waals surface area contributed by atoms with Crippen LogP contribution in [0.1, 0.15) is 38.7 Å². The molecule has 1 heterocycles. The molecule has 1 saturated heterocycles. The van der Waals surface area contributed by atoms with Gasteiger partial charge in [0.1, 0.15) is 6.10 Å². The molecule has 0 aliphatic carbocycles. The van der Waals surface area contributed by atoms with Crippen molar-refractivity contribution in [3.8, 4) is 6.07 Å². The smallest absolute Gasteiger partial charge is 0.367 e. The zero-order valence-corrected chi connectivity index (χ0v) is 19.6. The molecule has 1 aliphatic heterocycles. The number of alkyl halides is 3. The fourth-order valence-electron chi connectivity index (χ4n) is 4.27. The highest BCUT2D eigenvalue weighted by molar-refractivity contribution is 5.94. The minimum Gasteiger partial charge on any atom is -0.367 e. The molecule has 1 fully saturated rings. The van der Waals surface area contributed by atoms with E-state index < -0.39 is 17.8 Å². The molecule has 186 valence electrons. The van der Waals surface area contributed by atoms with E-state index in [1.54, 1.807) is 35.2 Å². The summed E-state index contributed by atoms with van der Waals surface area (Å²) in [6.45, 7) is 3.33. The largest absolute Gasteiger partial charge is 0.416 e. The van der Waals surface area contributed by atoms with Crippen molar-refractivity contribution in [1.29, 1.82) is 5.26 Å². The second-order valence-corrected chi connectivity index (χ2v) is 8.61. The predicted octanol–water partition coefficient (Wildman–Crippen LogP) is 5.14. The van der Waals surface area contributed by atoms with Crippen molar-refractivity contribution in [1.82, 2.24) is 9.80 Å². The number of ether oxygens (including phenoxy) is 1. The van der Waals surface area contributed by atoms with Crippen molar-refractivity contribution < 1.29 is 22.7 Å². The normalized spacial score (nSPS) is 15.3. The molecule has 0 radical (unpaired) electrons. The molecule has 0 spiro atoms. The van der Waals surface area contributed by atoms with E-state index in [4.69, 9.17) is 10.00 Å². The summed E-state index contributed by atoms with van der Waals surface area (Å²) < 4.78 is 46.0. The first-order chi connectivity index (χ1) is 17.3. The second kappa shape index (κ2) is 11.4. The van der Waals surface area contributed by atoms with Gasteiger partial charge in [-0.1, -0.05) is 48.5 Å². The molecule has 0 N–H and O–H groups in total. The monoisotopic (exact) mass is 493 g/mol. The van der Waals surface area contributed by atoms with Gasteiger partial charge in [-0.05, 0) is 41.5 Å². The fraction of sp³-hybridized carbons (Fsp3) is 0.286. The number of rotatable bonds is 7. The molecule has 1 unspecified atom stereocenters. The summed E-state index contributed by atoms with van der Waals surface area (Å²) in [4.78, 5) is 16.7. The number of nitriles is 1. The molecule has 36 heavy (non-hydrogen) atoms. The van der Waals surface area contributed by atoms with Crippen molar-refractivity contribution in [3.05, 3.63) is 107 Å². The number of piperazine rings is 1. The zero-order chi connectivity index (χ0) is 25.5. The molecule has 0 aromatic heterocycles. The van der Waals surface area contributed by atoms with Gasteiger partial charge in [0.15, 0.2) is 0 Å². The lowest BCUT2D eigenvalue weighted by Crippen LogP contribution is -2.49. The minimum atomic E-state index is -4.43. The number of benzene rings is 3. The van der Waals surface area contributed by atoms with Gasteiger partial charge in [-0.15, -0.1) is 0 Å². The Labute approximate surface area is 208 Å². The van der Waals surface area contributed by atoms with E-state index in [1.165, 1.54) is 6.07 Å². The van der Waals surface area contributed by atoms with Crippen LogP contribution in [0.25, 0.3) is 0 Å². The lowest BCUT2D eigenvalue weighted by molar-refractivity contribution is -0.137. The number of hydrogen-bond acceptors (Lipinski definition) is 4. The van der Waals surface area contributed by atoms with Crippen LogP contribution in [-0.4, -0.2) is 55.0 Å². The molecule has 3 aromatic carbocycles. The summed E-state index contributed by atoms with van der Waals surface area (Å²) in [6.07, 6.45) is -5.05. The Bertz CT molecular complexity index is 1220. The van der Waals surface area contributed by atoms with Gasteiger partial charge in [0.25, 0.3) is 5.91 Å². The third-order valence-electron chi connectivity index (χ3n) is 6.21. The Morgan fingerprint density at radius 3 is 2.31 bits per heavy atom. The van der Waals surface area contributed by atoms with Gasteiger partial charge >= 0.3 is 6.18 Å². The molecule has 0 bridgehead atoms. The third-order valence-corrected chi connectivity index (χ3v) is 6.21. The van der Waals surface area contributed by atoms with Crippen LogP contribution >= 0.6 is 0 Å². The van der Waals surface area contributed by atoms with Crippen LogP contribution in [0.5, 0.6) is 0 Å². The summed E-state index contributed by atoms with van der Waals surface area (Å²) in [6, 6.07) is 23.2. The van der Waals surface area contributed by atoms with Crippen molar-refractivity contribution in [3.63, 3.8) is 0 Å². The Kier molecular flexibility index (Phi) is 8.04. The Morgan fingerprint density at radius 2 is 1.61 bits per heavy atom. The van der Waals surface area contributed by atoms with Crippen molar-refractivity contribution in [2.45, 2.75) is 12.3 Å². The zero-order valence-electron chi connectivity index (χ0n) is 19.6. The summed E-state index contributed by atoms with van der Waals surface area (Å²) in [5.41, 5.74) is 1.48. The molecule has 5 nitrogen and oxygen atoms in total. The summed E-state index contributed by atoms with van der Waals surface area (Å²) in [7, 11) is 0. The molecule has 3 aromatic rings. The van der Waals surface area contributed by atoms with Gasteiger partial charge in [-0.3, -0.25) is 9.69 Å². The second-order valence-electron chi connectivity index (χ2n) is 8.61. The van der Waals surface area contributed by atoms with Gasteiger partial charge in [0, 0.05) is 38.3 Å². The number of carbonyl (C=O) groups excluding carboxylic acids is 1. The van der Waals surface area contributed by atoms with Crippen LogP contribution < -0.4 is 0 Å². The Morgan fingerprint density at radius 1 is 0.917 bits per heavy atom. The molecule has 8 heteroatoms. The average Bonchev–Trinajstić information content (AvgIpc) is 2.91. The molecule has 1 atom stereocenters. The first kappa shape index (κ1) is 25.4. The Balaban J connectivity index is 1.35. The van der Waals surface area contributed by atoms with E-state index in [0.717, 1.165) is 17.7 Å². The summed E-state index contributed by atoms with van der Waals surface area (Å²) in [5.74, 6) is -0.100. The Hall–Kier alpha value is -3.67. The van der Waals surface area contributed by atoms with Crippen molar-refractivity contribution >= 4 is 5.91 Å². The first-order valence-corrected chi connectivity index (χ1v) is 11.7. The highest BCUT2D eigenvalue weighted by atomic mass is 19.4. The SMILES string of the molecule is N#Cc1cccc(C(=O)N2CCN(CCOC(c3ccccc3)c3cccc(C(F)(F)F)c3)CC2)c1. The van der Waals surface area contributed by atoms with Gasteiger partial charge in [0.05, 0.1) is 23.8 Å². The summed E-state index contributed by atoms with van der Waals surface area (Å²) in [5, 5.41) is 9.06. The average molecular weight is 494 g/mol. The van der Waals surface area contributed by atoms with E-state index in [0.29, 0.717) is 56.0 Å². The van der Waals surface area contributed by atoms with E-state index in [1.807, 2.05) is 36.4 Å². The van der Waals surface area contributed by atoms with E-state index in [-0.39, 0.29) is 5.91 Å². The standard InChI is InChI=1S/C28H26F3N3O2/c29-28(30,31)25-11-5-9-23(19-25)26(22-7-2-1-3-8-22)36-17-16-33-12-14-34(15-13-33)27(35)24-10-4-6-21(18-24)20-32/h1-11,18-19,26H,12-17H2. The van der Waals surface area contributed by atoms with Gasteiger partial charge < -0.3 is 9.64 Å². The number of carbonyl (C=O) groups is 1. The highest BCUT2D eigenvalue weighted by Gasteiger charge is 2.31. The van der Waals surface area contributed by atoms with Crippen LogP contribution in [-0.2, 0) is 10.9 Å². The topological polar surface area (TPSA) is 56.6 Å². The number of halogens is 3. The fourth-order valence-corrected chi connectivity index (χ4v) is 4.27. The van der Waals surface area contributed by atoms with E-state index in [9.17, 15) is 18.0 Å². The van der Waals surface area contributed by atoms with Crippen LogP contribution in [0.3, 0.4) is 0 Å². The van der Waals surface area contributed by atoms with Crippen LogP contribution in [0.2, 0.25) is 0 Å². The molecule has 1 amide bonds. The predicted molar refractivity (Wildman–Crippen MR) is 129 cm³/mol. The van der Waals surface area contributed by atoms with Crippen LogP contribution in [0, 0.1) is 11.3 Å². The maximum atomic E-state index is 13.3. The first-order valence-electron chi connectivity index (χ1n) is 11.7. The van der Waals surface area contributed by atoms with Gasteiger partial charge in [0.2, 0.25) is 0 Å². The maximum Gasteiger partial charge on any atom is 0.416 e. The molecule has 4 rings (SSSR count). The lowest BCUT2D eigenvalue weighted by Gasteiger charge is -2.35. The third kappa shape index (κ3) is 6.30. The molecular weight excluding hydrogens is 467 g/mol. The highest BCUT2D eigenvalue weighted by Crippen LogP contribution is 2.33. The van der Waals surface area contributed by atoms with E-state index >= 15 is 0 Å². The lowest BCUT2D eigenvalue weighted by atomic mass is 9.99. The van der Waals surface area contributed by atoms with Crippen LogP contribution in [0.4, 0.5) is 13.2 Å². The van der Waals surface area contributed by atoms with Crippen LogP contribution in [0.15, 0.2) is 78.9 Å². The molecule has 0 saturated carbocycles. The summed E-state index contributed by atoms with van der Waals surface area (Å²) >= 11 is 0. The quantitative estimate of drug-likeness (QED) is 0.457. The van der Waals surface area contributed by atoms with Crippen molar-refractivity contribution in [2.75, 3.05) is 39.3 Å². The maximum absolute atomic E-state index is 13.3. The van der Waals surface area contributed by atoms with Gasteiger partial charge in [-0.25, -0.2) is 0 Å². The number of nitrogens with zero attached hydrogens (tertiary/aromatic N) is 3. The molecular formula is C28H26F3N3O2. The van der Waals surface area contributed by atoms with E-state index in [2.05, 4.69) is 4.90 Å². The van der Waals surface area contributed by atoms with Crippen molar-refractivity contribution in [2.24, 2.45) is 0 Å². The number of hydrogen-bond donors (Lipinski definition) is 0.